The molecule has 0 aromatic rings. The summed E-state index contributed by atoms with van der Waals surface area (Å²) in [7, 11) is 0. The van der Waals surface area contributed by atoms with Crippen LogP contribution in [0.5, 0.6) is 0 Å². The van der Waals surface area contributed by atoms with Gasteiger partial charge in [0, 0.05) is 45.3 Å². The van der Waals surface area contributed by atoms with Gasteiger partial charge in [0.2, 0.25) is 0 Å². The standard InChI is InChI=1S/C23H43N5O2.HI/c1-5-24-21(27-16-11-20(18-27)26-13-6-7-14-26)25-12-10-19-9-8-15-28(17-19)22(29)30-23(2,3)4;/h19-20H,5-18H2,1-4H3,(H,24,25);1H. The molecule has 0 spiro atoms. The van der Waals surface area contributed by atoms with Crippen LogP contribution in [0.1, 0.15) is 66.2 Å². The monoisotopic (exact) mass is 549 g/mol. The van der Waals surface area contributed by atoms with E-state index in [2.05, 4.69) is 22.0 Å². The van der Waals surface area contributed by atoms with Gasteiger partial charge in [-0.15, -0.1) is 24.0 Å². The molecule has 180 valence electrons. The summed E-state index contributed by atoms with van der Waals surface area (Å²) < 4.78 is 5.56. The number of hydrogen-bond acceptors (Lipinski definition) is 4. The molecule has 0 radical (unpaired) electrons. The van der Waals surface area contributed by atoms with Gasteiger partial charge in [-0.25, -0.2) is 4.79 Å². The second-order valence-corrected chi connectivity index (χ2v) is 10.1. The summed E-state index contributed by atoms with van der Waals surface area (Å²) in [4.78, 5) is 24.3. The van der Waals surface area contributed by atoms with Crippen LogP contribution in [0.3, 0.4) is 0 Å². The number of likely N-dealkylation sites (tertiary alicyclic amines) is 3. The van der Waals surface area contributed by atoms with Crippen LogP contribution in [0.2, 0.25) is 0 Å². The quantitative estimate of drug-likeness (QED) is 0.322. The lowest BCUT2D eigenvalue weighted by molar-refractivity contribution is 0.0163. The van der Waals surface area contributed by atoms with Gasteiger partial charge < -0.3 is 19.9 Å². The van der Waals surface area contributed by atoms with E-state index in [0.717, 1.165) is 58.1 Å². The predicted molar refractivity (Wildman–Crippen MR) is 137 cm³/mol. The van der Waals surface area contributed by atoms with Crippen molar-refractivity contribution in [1.29, 1.82) is 0 Å². The van der Waals surface area contributed by atoms with Crippen molar-refractivity contribution in [2.75, 3.05) is 52.4 Å². The first-order chi connectivity index (χ1) is 14.4. The third-order valence-corrected chi connectivity index (χ3v) is 6.42. The highest BCUT2D eigenvalue weighted by molar-refractivity contribution is 14.0. The average Bonchev–Trinajstić information content (AvgIpc) is 3.38. The fourth-order valence-electron chi connectivity index (χ4n) is 4.91. The summed E-state index contributed by atoms with van der Waals surface area (Å²) >= 11 is 0. The number of ether oxygens (including phenoxy) is 1. The molecule has 1 amide bonds. The number of hydrogen-bond donors (Lipinski definition) is 1. The van der Waals surface area contributed by atoms with Gasteiger partial charge in [-0.2, -0.15) is 0 Å². The number of guanidine groups is 1. The zero-order chi connectivity index (χ0) is 21.6. The van der Waals surface area contributed by atoms with Gasteiger partial charge in [0.1, 0.15) is 5.60 Å². The van der Waals surface area contributed by atoms with E-state index in [0.29, 0.717) is 12.0 Å². The minimum atomic E-state index is -0.433. The molecule has 2 unspecified atom stereocenters. The SMILES string of the molecule is CCNC(=NCCC1CCCN(C(=O)OC(C)(C)C)C1)N1CCC(N2CCCC2)C1.I. The van der Waals surface area contributed by atoms with Crippen LogP contribution < -0.4 is 5.32 Å². The molecule has 0 aromatic heterocycles. The Labute approximate surface area is 206 Å². The van der Waals surface area contributed by atoms with E-state index in [1.165, 1.54) is 38.8 Å². The first-order valence-corrected chi connectivity index (χ1v) is 12.1. The van der Waals surface area contributed by atoms with E-state index in [-0.39, 0.29) is 30.1 Å². The van der Waals surface area contributed by atoms with Crippen molar-refractivity contribution in [1.82, 2.24) is 20.0 Å². The van der Waals surface area contributed by atoms with Gasteiger partial charge in [0.25, 0.3) is 0 Å². The maximum absolute atomic E-state index is 12.4. The summed E-state index contributed by atoms with van der Waals surface area (Å²) in [6.45, 7) is 16.0. The number of carbonyl (C=O) groups is 1. The van der Waals surface area contributed by atoms with Crippen LogP contribution in [-0.4, -0.2) is 90.8 Å². The number of nitrogens with zero attached hydrogens (tertiary/aromatic N) is 4. The largest absolute Gasteiger partial charge is 0.444 e. The molecule has 7 nitrogen and oxygen atoms in total. The Balaban J connectivity index is 0.00000341. The number of nitrogens with one attached hydrogen (secondary N) is 1. The average molecular weight is 550 g/mol. The Morgan fingerprint density at radius 1 is 1.03 bits per heavy atom. The molecule has 0 saturated carbocycles. The van der Waals surface area contributed by atoms with E-state index in [1.54, 1.807) is 0 Å². The molecule has 0 aliphatic carbocycles. The van der Waals surface area contributed by atoms with Crippen molar-refractivity contribution in [3.8, 4) is 0 Å². The van der Waals surface area contributed by atoms with Gasteiger partial charge >= 0.3 is 6.09 Å². The Bertz CT molecular complexity index is 589. The minimum absolute atomic E-state index is 0. The summed E-state index contributed by atoms with van der Waals surface area (Å²) in [6, 6.07) is 0.692. The van der Waals surface area contributed by atoms with E-state index in [9.17, 15) is 4.79 Å². The van der Waals surface area contributed by atoms with Crippen molar-refractivity contribution in [3.05, 3.63) is 0 Å². The normalized spacial score (nSPS) is 25.5. The Hall–Kier alpha value is -0.770. The highest BCUT2D eigenvalue weighted by Crippen LogP contribution is 2.23. The van der Waals surface area contributed by atoms with Crippen LogP contribution in [0.15, 0.2) is 4.99 Å². The van der Waals surface area contributed by atoms with Gasteiger partial charge in [-0.3, -0.25) is 9.89 Å². The molecule has 2 atom stereocenters. The molecule has 3 saturated heterocycles. The molecule has 3 aliphatic rings. The molecular formula is C23H44IN5O2. The first-order valence-electron chi connectivity index (χ1n) is 12.1. The predicted octanol–water partition coefficient (Wildman–Crippen LogP) is 3.78. The van der Waals surface area contributed by atoms with E-state index in [1.807, 2.05) is 25.7 Å². The molecule has 3 aliphatic heterocycles. The second kappa shape index (κ2) is 12.5. The Morgan fingerprint density at radius 2 is 1.77 bits per heavy atom. The highest BCUT2D eigenvalue weighted by Gasteiger charge is 2.31. The molecule has 3 rings (SSSR count). The van der Waals surface area contributed by atoms with E-state index >= 15 is 0 Å². The smallest absolute Gasteiger partial charge is 0.410 e. The van der Waals surface area contributed by atoms with Crippen molar-refractivity contribution in [2.24, 2.45) is 10.9 Å². The molecule has 8 heteroatoms. The van der Waals surface area contributed by atoms with Gasteiger partial charge in [-0.05, 0) is 85.2 Å². The lowest BCUT2D eigenvalue weighted by atomic mass is 9.95. The van der Waals surface area contributed by atoms with Crippen molar-refractivity contribution >= 4 is 36.0 Å². The summed E-state index contributed by atoms with van der Waals surface area (Å²) in [5, 5.41) is 3.50. The fourth-order valence-corrected chi connectivity index (χ4v) is 4.91. The molecule has 3 heterocycles. The Kier molecular flexibility index (Phi) is 10.6. The topological polar surface area (TPSA) is 60.4 Å². The second-order valence-electron chi connectivity index (χ2n) is 10.1. The third-order valence-electron chi connectivity index (χ3n) is 6.42. The maximum atomic E-state index is 12.4. The molecule has 0 aromatic carbocycles. The number of aliphatic imine (C=N–C) groups is 1. The van der Waals surface area contributed by atoms with Gasteiger partial charge in [0.15, 0.2) is 5.96 Å². The Morgan fingerprint density at radius 3 is 2.45 bits per heavy atom. The van der Waals surface area contributed by atoms with Gasteiger partial charge in [-0.1, -0.05) is 0 Å². The molecule has 0 bridgehead atoms. The summed E-state index contributed by atoms with van der Waals surface area (Å²) in [5.41, 5.74) is -0.433. The maximum Gasteiger partial charge on any atom is 0.410 e. The lowest BCUT2D eigenvalue weighted by Gasteiger charge is -2.34. The van der Waals surface area contributed by atoms with Crippen LogP contribution in [0, 0.1) is 5.92 Å². The van der Waals surface area contributed by atoms with Crippen molar-refractivity contribution < 1.29 is 9.53 Å². The fraction of sp³-hybridized carbons (Fsp3) is 0.913. The van der Waals surface area contributed by atoms with E-state index in [4.69, 9.17) is 9.73 Å². The number of amides is 1. The first kappa shape index (κ1) is 26.5. The third kappa shape index (κ3) is 8.26. The van der Waals surface area contributed by atoms with Gasteiger partial charge in [0.05, 0.1) is 0 Å². The number of piperidine rings is 1. The summed E-state index contributed by atoms with van der Waals surface area (Å²) in [6.07, 6.45) is 7.03. The van der Waals surface area contributed by atoms with Crippen LogP contribution in [-0.2, 0) is 4.74 Å². The zero-order valence-corrected chi connectivity index (χ0v) is 22.4. The zero-order valence-electron chi connectivity index (χ0n) is 20.1. The van der Waals surface area contributed by atoms with Crippen LogP contribution in [0.25, 0.3) is 0 Å². The highest BCUT2D eigenvalue weighted by atomic mass is 127. The molecule has 1 N–H and O–H groups in total. The van der Waals surface area contributed by atoms with Crippen molar-refractivity contribution in [2.45, 2.75) is 77.9 Å². The molecule has 3 fully saturated rings. The molecule has 31 heavy (non-hydrogen) atoms. The number of rotatable bonds is 5. The van der Waals surface area contributed by atoms with Crippen molar-refractivity contribution in [3.63, 3.8) is 0 Å². The number of carbonyl (C=O) groups excluding carboxylic acids is 1. The minimum Gasteiger partial charge on any atom is -0.444 e. The van der Waals surface area contributed by atoms with Crippen LogP contribution >= 0.6 is 24.0 Å². The van der Waals surface area contributed by atoms with Crippen LogP contribution in [0.4, 0.5) is 4.79 Å². The summed E-state index contributed by atoms with van der Waals surface area (Å²) in [5.74, 6) is 1.58. The lowest BCUT2D eigenvalue weighted by Crippen LogP contribution is -2.43. The number of halogens is 1. The molecular weight excluding hydrogens is 505 g/mol. The van der Waals surface area contributed by atoms with E-state index < -0.39 is 5.60 Å².